The van der Waals surface area contributed by atoms with Crippen LogP contribution < -0.4 is 16.3 Å². The highest BCUT2D eigenvalue weighted by atomic mass is 16.2. The summed E-state index contributed by atoms with van der Waals surface area (Å²) in [5.41, 5.74) is 2.15. The summed E-state index contributed by atoms with van der Waals surface area (Å²) in [5.74, 6) is -0.550. The number of para-hydroxylation sites is 3. The summed E-state index contributed by atoms with van der Waals surface area (Å²) in [5, 5.41) is 5.71. The second-order valence-corrected chi connectivity index (χ2v) is 6.94. The zero-order valence-corrected chi connectivity index (χ0v) is 15.6. The Morgan fingerprint density at radius 3 is 2.32 bits per heavy atom. The smallest absolute Gasteiger partial charge is 0.329 e. The molecule has 7 nitrogen and oxygen atoms in total. The van der Waals surface area contributed by atoms with Gasteiger partial charge in [-0.05, 0) is 44.0 Å². The van der Waals surface area contributed by atoms with Crippen molar-refractivity contribution in [1.82, 2.24) is 14.5 Å². The van der Waals surface area contributed by atoms with Crippen molar-refractivity contribution < 1.29 is 9.59 Å². The molecular formula is C21H22N4O3. The van der Waals surface area contributed by atoms with Crippen LogP contribution in [0.25, 0.3) is 11.0 Å². The van der Waals surface area contributed by atoms with E-state index in [9.17, 15) is 14.4 Å². The van der Waals surface area contributed by atoms with E-state index in [4.69, 9.17) is 0 Å². The summed E-state index contributed by atoms with van der Waals surface area (Å²) in [6, 6.07) is 14.5. The molecular weight excluding hydrogens is 356 g/mol. The van der Waals surface area contributed by atoms with Gasteiger partial charge in [0, 0.05) is 12.6 Å². The quantitative estimate of drug-likeness (QED) is 0.690. The average molecular weight is 378 g/mol. The number of fused-ring (bicyclic) bond motifs is 1. The second-order valence-electron chi connectivity index (χ2n) is 6.94. The van der Waals surface area contributed by atoms with Crippen LogP contribution in [0.5, 0.6) is 0 Å². The molecule has 28 heavy (non-hydrogen) atoms. The van der Waals surface area contributed by atoms with Gasteiger partial charge in [-0.2, -0.15) is 0 Å². The van der Waals surface area contributed by atoms with Gasteiger partial charge in [-0.1, -0.05) is 24.3 Å². The van der Waals surface area contributed by atoms with E-state index < -0.39 is 0 Å². The SMILES string of the molecule is CCn1c(=O)n(CC(=O)Nc2ccccc2C(=O)NC2CC2)c2ccccc21. The van der Waals surface area contributed by atoms with E-state index in [2.05, 4.69) is 10.6 Å². The molecule has 0 radical (unpaired) electrons. The zero-order chi connectivity index (χ0) is 19.7. The predicted molar refractivity (Wildman–Crippen MR) is 107 cm³/mol. The number of hydrogen-bond donors (Lipinski definition) is 2. The van der Waals surface area contributed by atoms with Gasteiger partial charge in [-0.3, -0.25) is 18.7 Å². The molecule has 144 valence electrons. The Bertz CT molecular complexity index is 1110. The third-order valence-electron chi connectivity index (χ3n) is 4.90. The molecule has 0 unspecified atom stereocenters. The summed E-state index contributed by atoms with van der Waals surface area (Å²) in [6.45, 7) is 2.30. The number of imidazole rings is 1. The van der Waals surface area contributed by atoms with Crippen molar-refractivity contribution in [2.75, 3.05) is 5.32 Å². The minimum atomic E-state index is -0.354. The van der Waals surface area contributed by atoms with Gasteiger partial charge in [0.05, 0.1) is 22.3 Å². The number of hydrogen-bond acceptors (Lipinski definition) is 3. The van der Waals surface area contributed by atoms with Crippen LogP contribution in [0.2, 0.25) is 0 Å². The molecule has 1 aromatic heterocycles. The Kier molecular flexibility index (Phi) is 4.73. The van der Waals surface area contributed by atoms with Gasteiger partial charge in [-0.25, -0.2) is 4.79 Å². The highest BCUT2D eigenvalue weighted by Gasteiger charge is 2.25. The molecule has 4 rings (SSSR count). The fourth-order valence-electron chi connectivity index (χ4n) is 3.35. The first kappa shape index (κ1) is 18.0. The fraction of sp³-hybridized carbons (Fsp3) is 0.286. The van der Waals surface area contributed by atoms with Crippen LogP contribution in [0.1, 0.15) is 30.1 Å². The van der Waals surface area contributed by atoms with Gasteiger partial charge in [0.25, 0.3) is 5.91 Å². The van der Waals surface area contributed by atoms with Gasteiger partial charge >= 0.3 is 5.69 Å². The van der Waals surface area contributed by atoms with Crippen molar-refractivity contribution in [2.45, 2.75) is 38.9 Å². The molecule has 3 aromatic rings. The molecule has 2 N–H and O–H groups in total. The molecule has 1 saturated carbocycles. The first-order valence-electron chi connectivity index (χ1n) is 9.46. The lowest BCUT2D eigenvalue weighted by Gasteiger charge is -2.11. The molecule has 2 aromatic carbocycles. The number of amides is 2. The summed E-state index contributed by atoms with van der Waals surface area (Å²) < 4.78 is 3.10. The number of aromatic nitrogens is 2. The predicted octanol–water partition coefficient (Wildman–Crippen LogP) is 2.35. The van der Waals surface area contributed by atoms with Crippen LogP contribution in [-0.2, 0) is 17.9 Å². The van der Waals surface area contributed by atoms with Gasteiger partial charge in [0.1, 0.15) is 6.54 Å². The Morgan fingerprint density at radius 1 is 1.00 bits per heavy atom. The van der Waals surface area contributed by atoms with Crippen LogP contribution in [0.3, 0.4) is 0 Å². The van der Waals surface area contributed by atoms with E-state index in [0.29, 0.717) is 23.3 Å². The number of carbonyl (C=O) groups is 2. The summed E-state index contributed by atoms with van der Waals surface area (Å²) in [4.78, 5) is 37.8. The van der Waals surface area contributed by atoms with Crippen molar-refractivity contribution >= 4 is 28.5 Å². The molecule has 7 heteroatoms. The van der Waals surface area contributed by atoms with Gasteiger partial charge in [0.15, 0.2) is 0 Å². The van der Waals surface area contributed by atoms with E-state index >= 15 is 0 Å². The number of nitrogens with one attached hydrogen (secondary N) is 2. The maximum Gasteiger partial charge on any atom is 0.329 e. The molecule has 0 spiro atoms. The Labute approximate surface area is 162 Å². The van der Waals surface area contributed by atoms with Gasteiger partial charge in [-0.15, -0.1) is 0 Å². The van der Waals surface area contributed by atoms with Crippen LogP contribution in [0.4, 0.5) is 5.69 Å². The summed E-state index contributed by atoms with van der Waals surface area (Å²) in [6.07, 6.45) is 1.98. The van der Waals surface area contributed by atoms with Crippen molar-refractivity contribution in [2.24, 2.45) is 0 Å². The highest BCUT2D eigenvalue weighted by molar-refractivity contribution is 6.04. The monoisotopic (exact) mass is 378 g/mol. The lowest BCUT2D eigenvalue weighted by atomic mass is 10.1. The molecule has 0 bridgehead atoms. The minimum Gasteiger partial charge on any atom is -0.349 e. The number of carbonyl (C=O) groups excluding carboxylic acids is 2. The molecule has 0 saturated heterocycles. The number of rotatable bonds is 6. The van der Waals surface area contributed by atoms with E-state index in [1.165, 1.54) is 4.57 Å². The fourth-order valence-corrected chi connectivity index (χ4v) is 3.35. The lowest BCUT2D eigenvalue weighted by molar-refractivity contribution is -0.116. The van der Waals surface area contributed by atoms with E-state index in [1.54, 1.807) is 28.8 Å². The average Bonchev–Trinajstić information content (AvgIpc) is 3.47. The van der Waals surface area contributed by atoms with Gasteiger partial charge in [0.2, 0.25) is 5.91 Å². The maximum atomic E-state index is 12.7. The van der Waals surface area contributed by atoms with E-state index in [-0.39, 0.29) is 30.1 Å². The molecule has 1 aliphatic rings. The largest absolute Gasteiger partial charge is 0.349 e. The molecule has 0 atom stereocenters. The molecule has 0 aliphatic heterocycles. The third-order valence-corrected chi connectivity index (χ3v) is 4.90. The van der Waals surface area contributed by atoms with Crippen molar-refractivity contribution in [3.05, 3.63) is 64.6 Å². The third kappa shape index (κ3) is 3.43. The first-order chi connectivity index (χ1) is 13.6. The maximum absolute atomic E-state index is 12.7. The Hall–Kier alpha value is -3.35. The normalized spacial score (nSPS) is 13.5. The van der Waals surface area contributed by atoms with Crippen LogP contribution >= 0.6 is 0 Å². The number of benzene rings is 2. The lowest BCUT2D eigenvalue weighted by Crippen LogP contribution is -2.30. The number of aryl methyl sites for hydroxylation is 1. The standard InChI is InChI=1S/C21H22N4O3/c1-2-24-17-9-5-6-10-18(17)25(21(24)28)13-19(26)23-16-8-4-3-7-15(16)20(27)22-14-11-12-14/h3-10,14H,2,11-13H2,1H3,(H,22,27)(H,23,26). The summed E-state index contributed by atoms with van der Waals surface area (Å²) >= 11 is 0. The van der Waals surface area contributed by atoms with Crippen molar-refractivity contribution in [3.63, 3.8) is 0 Å². The molecule has 1 heterocycles. The van der Waals surface area contributed by atoms with Crippen molar-refractivity contribution in [3.8, 4) is 0 Å². The minimum absolute atomic E-state index is 0.120. The second kappa shape index (κ2) is 7.34. The van der Waals surface area contributed by atoms with Crippen LogP contribution in [-0.4, -0.2) is 27.0 Å². The molecule has 1 aliphatic carbocycles. The van der Waals surface area contributed by atoms with Gasteiger partial charge < -0.3 is 10.6 Å². The first-order valence-corrected chi connectivity index (χ1v) is 9.46. The molecule has 1 fully saturated rings. The van der Waals surface area contributed by atoms with Crippen LogP contribution in [0.15, 0.2) is 53.3 Å². The Balaban J connectivity index is 1.58. The van der Waals surface area contributed by atoms with E-state index in [1.807, 2.05) is 31.2 Å². The number of anilines is 1. The van der Waals surface area contributed by atoms with Crippen molar-refractivity contribution in [1.29, 1.82) is 0 Å². The summed E-state index contributed by atoms with van der Waals surface area (Å²) in [7, 11) is 0. The zero-order valence-electron chi connectivity index (χ0n) is 15.6. The topological polar surface area (TPSA) is 85.1 Å². The molecule has 2 amide bonds. The Morgan fingerprint density at radius 2 is 1.64 bits per heavy atom. The van der Waals surface area contributed by atoms with E-state index in [0.717, 1.165) is 18.4 Å². The van der Waals surface area contributed by atoms with Crippen LogP contribution in [0, 0.1) is 0 Å². The number of nitrogens with zero attached hydrogens (tertiary/aromatic N) is 2. The highest BCUT2D eigenvalue weighted by Crippen LogP contribution is 2.21.